The predicted octanol–water partition coefficient (Wildman–Crippen LogP) is 2.26. The van der Waals surface area contributed by atoms with Gasteiger partial charge in [0.15, 0.2) is 0 Å². The lowest BCUT2D eigenvalue weighted by Crippen LogP contribution is -2.41. The molecule has 0 saturated carbocycles. The summed E-state index contributed by atoms with van der Waals surface area (Å²) in [4.78, 5) is 0. The zero-order valence-corrected chi connectivity index (χ0v) is 14.1. The van der Waals surface area contributed by atoms with E-state index in [1.165, 1.54) is 0 Å². The van der Waals surface area contributed by atoms with Crippen molar-refractivity contribution in [3.63, 3.8) is 0 Å². The third-order valence-corrected chi connectivity index (χ3v) is 4.73. The summed E-state index contributed by atoms with van der Waals surface area (Å²) in [6, 6.07) is 8.04. The van der Waals surface area contributed by atoms with Gasteiger partial charge in [0.1, 0.15) is 0 Å². The van der Waals surface area contributed by atoms with Crippen LogP contribution in [0.25, 0.3) is 11.1 Å². The van der Waals surface area contributed by atoms with Gasteiger partial charge >= 0.3 is 7.12 Å². The van der Waals surface area contributed by atoms with Crippen LogP contribution in [-0.2, 0) is 16.4 Å². The van der Waals surface area contributed by atoms with Crippen LogP contribution in [0.1, 0.15) is 33.3 Å². The van der Waals surface area contributed by atoms with Crippen LogP contribution in [0, 0.1) is 11.3 Å². The minimum Gasteiger partial charge on any atom is -0.399 e. The van der Waals surface area contributed by atoms with Crippen molar-refractivity contribution in [2.75, 3.05) is 0 Å². The van der Waals surface area contributed by atoms with Crippen LogP contribution in [0.15, 0.2) is 30.6 Å². The highest BCUT2D eigenvalue weighted by molar-refractivity contribution is 6.63. The summed E-state index contributed by atoms with van der Waals surface area (Å²) in [5, 5.41) is 13.9. The first-order valence-corrected chi connectivity index (χ1v) is 7.63. The van der Waals surface area contributed by atoms with E-state index < -0.39 is 18.3 Å². The fourth-order valence-corrected chi connectivity index (χ4v) is 2.66. The number of aryl methyl sites for hydroxylation is 1. The lowest BCUT2D eigenvalue weighted by atomic mass is 9.74. The molecule has 1 fully saturated rings. The van der Waals surface area contributed by atoms with Gasteiger partial charge in [0.2, 0.25) is 0 Å². The summed E-state index contributed by atoms with van der Waals surface area (Å²) >= 11 is 0. The Hall–Kier alpha value is -2.10. The molecule has 1 aromatic heterocycles. The predicted molar refractivity (Wildman–Crippen MR) is 89.1 cm³/mol. The van der Waals surface area contributed by atoms with Crippen LogP contribution >= 0.6 is 0 Å². The van der Waals surface area contributed by atoms with E-state index in [9.17, 15) is 5.26 Å². The number of hydrogen-bond donors (Lipinski definition) is 0. The van der Waals surface area contributed by atoms with Crippen molar-refractivity contribution in [3.05, 3.63) is 36.2 Å². The van der Waals surface area contributed by atoms with Gasteiger partial charge in [-0.1, -0.05) is 18.2 Å². The van der Waals surface area contributed by atoms with Crippen LogP contribution in [0.3, 0.4) is 0 Å². The molecule has 118 valence electrons. The Kier molecular flexibility index (Phi) is 3.59. The topological polar surface area (TPSA) is 60.1 Å². The fourth-order valence-electron chi connectivity index (χ4n) is 2.66. The highest BCUT2D eigenvalue weighted by Crippen LogP contribution is 2.37. The van der Waals surface area contributed by atoms with Gasteiger partial charge in [0.05, 0.1) is 29.0 Å². The summed E-state index contributed by atoms with van der Waals surface area (Å²) in [7, 11) is 1.31. The van der Waals surface area contributed by atoms with E-state index in [0.29, 0.717) is 5.56 Å². The van der Waals surface area contributed by atoms with Crippen LogP contribution < -0.4 is 5.46 Å². The molecule has 1 aliphatic rings. The van der Waals surface area contributed by atoms with Crippen LogP contribution in [0.2, 0.25) is 0 Å². The second-order valence-electron chi connectivity index (χ2n) is 6.87. The highest BCUT2D eigenvalue weighted by Gasteiger charge is 2.52. The standard InChI is InChI=1S/C17H20BN3O2/c1-16(2)17(3,4)23-18(22-16)15-8-6-7-13(14(15)9-19)12-10-20-21(5)11-12/h6-8,10-11H,1-5H3. The van der Waals surface area contributed by atoms with Crippen molar-refractivity contribution in [3.8, 4) is 17.2 Å². The third kappa shape index (κ3) is 2.56. The monoisotopic (exact) mass is 309 g/mol. The molecular formula is C17H20BN3O2. The van der Waals surface area contributed by atoms with Crippen molar-refractivity contribution in [1.82, 2.24) is 9.78 Å². The molecule has 0 unspecified atom stereocenters. The summed E-state index contributed by atoms with van der Waals surface area (Å²) in [6.45, 7) is 8.02. The van der Waals surface area contributed by atoms with Gasteiger partial charge in [-0.25, -0.2) is 0 Å². The van der Waals surface area contributed by atoms with E-state index in [4.69, 9.17) is 9.31 Å². The quantitative estimate of drug-likeness (QED) is 0.798. The van der Waals surface area contributed by atoms with E-state index in [1.807, 2.05) is 59.1 Å². The maximum atomic E-state index is 9.70. The number of benzene rings is 1. The molecule has 1 aliphatic heterocycles. The minimum atomic E-state index is -0.550. The van der Waals surface area contributed by atoms with E-state index in [1.54, 1.807) is 10.9 Å². The van der Waals surface area contributed by atoms with Crippen LogP contribution in [0.4, 0.5) is 0 Å². The average Bonchev–Trinajstić information content (AvgIpc) is 2.99. The molecule has 1 saturated heterocycles. The van der Waals surface area contributed by atoms with Crippen LogP contribution in [-0.4, -0.2) is 28.1 Å². The normalized spacial score (nSPS) is 18.9. The number of hydrogen-bond acceptors (Lipinski definition) is 4. The van der Waals surface area contributed by atoms with Crippen molar-refractivity contribution in [2.24, 2.45) is 7.05 Å². The number of nitrogens with zero attached hydrogens (tertiary/aromatic N) is 3. The largest absolute Gasteiger partial charge is 0.496 e. The first-order chi connectivity index (χ1) is 10.7. The Morgan fingerprint density at radius 1 is 1.17 bits per heavy atom. The zero-order chi connectivity index (χ0) is 16.8. The molecule has 3 rings (SSSR count). The van der Waals surface area contributed by atoms with Crippen molar-refractivity contribution < 1.29 is 9.31 Å². The van der Waals surface area contributed by atoms with E-state index >= 15 is 0 Å². The molecule has 0 radical (unpaired) electrons. The number of rotatable bonds is 2. The second-order valence-corrected chi connectivity index (χ2v) is 6.87. The van der Waals surface area contributed by atoms with E-state index in [-0.39, 0.29) is 0 Å². The fraction of sp³-hybridized carbons (Fsp3) is 0.412. The molecule has 2 aromatic rings. The second kappa shape index (κ2) is 5.22. The van der Waals surface area contributed by atoms with Gasteiger partial charge in [0.25, 0.3) is 0 Å². The molecule has 5 nitrogen and oxygen atoms in total. The first kappa shape index (κ1) is 15.8. The molecule has 0 spiro atoms. The van der Waals surface area contributed by atoms with Gasteiger partial charge in [0, 0.05) is 29.8 Å². The minimum absolute atomic E-state index is 0.436. The Labute approximate surface area is 137 Å². The maximum absolute atomic E-state index is 9.70. The van der Waals surface area contributed by atoms with Crippen LogP contribution in [0.5, 0.6) is 0 Å². The summed E-state index contributed by atoms with van der Waals surface area (Å²) in [5.41, 5.74) is 2.20. The molecule has 0 aliphatic carbocycles. The molecule has 0 bridgehead atoms. The Bertz CT molecular complexity index is 773. The molecule has 23 heavy (non-hydrogen) atoms. The molecule has 6 heteroatoms. The van der Waals surface area contributed by atoms with Gasteiger partial charge in [-0.15, -0.1) is 0 Å². The molecular weight excluding hydrogens is 289 g/mol. The van der Waals surface area contributed by atoms with Gasteiger partial charge < -0.3 is 9.31 Å². The lowest BCUT2D eigenvalue weighted by Gasteiger charge is -2.32. The van der Waals surface area contributed by atoms with E-state index in [0.717, 1.165) is 16.6 Å². The lowest BCUT2D eigenvalue weighted by molar-refractivity contribution is 0.00578. The summed E-state index contributed by atoms with van der Waals surface area (Å²) in [5.74, 6) is 0. The molecule has 0 atom stereocenters. The number of aromatic nitrogens is 2. The van der Waals surface area contributed by atoms with E-state index in [2.05, 4.69) is 11.2 Å². The molecule has 2 heterocycles. The van der Waals surface area contributed by atoms with Gasteiger partial charge in [-0.3, -0.25) is 4.68 Å². The maximum Gasteiger partial charge on any atom is 0.496 e. The molecule has 0 amide bonds. The smallest absolute Gasteiger partial charge is 0.399 e. The van der Waals surface area contributed by atoms with Crippen molar-refractivity contribution in [2.45, 2.75) is 38.9 Å². The Morgan fingerprint density at radius 3 is 2.35 bits per heavy atom. The first-order valence-electron chi connectivity index (χ1n) is 7.63. The van der Waals surface area contributed by atoms with Crippen molar-refractivity contribution in [1.29, 1.82) is 5.26 Å². The SMILES string of the molecule is Cn1cc(-c2cccc(B3OC(C)(C)C(C)(C)O3)c2C#N)cn1. The Balaban J connectivity index is 2.07. The third-order valence-electron chi connectivity index (χ3n) is 4.73. The highest BCUT2D eigenvalue weighted by atomic mass is 16.7. The van der Waals surface area contributed by atoms with Gasteiger partial charge in [-0.2, -0.15) is 10.4 Å². The molecule has 0 N–H and O–H groups in total. The van der Waals surface area contributed by atoms with Crippen molar-refractivity contribution >= 4 is 12.6 Å². The zero-order valence-electron chi connectivity index (χ0n) is 14.1. The molecule has 1 aromatic carbocycles. The average molecular weight is 309 g/mol. The van der Waals surface area contributed by atoms with Gasteiger partial charge in [-0.05, 0) is 27.7 Å². The summed E-state index contributed by atoms with van der Waals surface area (Å²) < 4.78 is 13.9. The Morgan fingerprint density at radius 2 is 1.83 bits per heavy atom. The number of nitriles is 1. The summed E-state index contributed by atoms with van der Waals surface area (Å²) in [6.07, 6.45) is 3.65.